The third-order valence-corrected chi connectivity index (χ3v) is 3.56. The van der Waals surface area contributed by atoms with E-state index in [1.54, 1.807) is 0 Å². The first kappa shape index (κ1) is 14.5. The smallest absolute Gasteiger partial charge is 0.234 e. The van der Waals surface area contributed by atoms with Gasteiger partial charge in [0.25, 0.3) is 0 Å². The maximum Gasteiger partial charge on any atom is 0.234 e. The minimum Gasteiger partial charge on any atom is -0.355 e. The van der Waals surface area contributed by atoms with Crippen molar-refractivity contribution < 1.29 is 4.79 Å². The van der Waals surface area contributed by atoms with E-state index in [1.165, 1.54) is 19.3 Å². The highest BCUT2D eigenvalue weighted by molar-refractivity contribution is 5.77. The van der Waals surface area contributed by atoms with Gasteiger partial charge in [-0.15, -0.1) is 0 Å². The lowest BCUT2D eigenvalue weighted by Crippen LogP contribution is -2.48. The summed E-state index contributed by atoms with van der Waals surface area (Å²) in [5.74, 6) is 0.116. The molecular formula is C13H27N3O. The number of likely N-dealkylation sites (N-methyl/N-ethyl adjacent to an activating group) is 1. The molecule has 0 radical (unpaired) electrons. The van der Waals surface area contributed by atoms with Crippen LogP contribution in [0.4, 0.5) is 0 Å². The summed E-state index contributed by atoms with van der Waals surface area (Å²) in [4.78, 5) is 13.8. The summed E-state index contributed by atoms with van der Waals surface area (Å²) >= 11 is 0. The van der Waals surface area contributed by atoms with Gasteiger partial charge < -0.3 is 11.1 Å². The van der Waals surface area contributed by atoms with Gasteiger partial charge in [-0.05, 0) is 26.3 Å². The minimum absolute atomic E-state index is 0.116. The van der Waals surface area contributed by atoms with Gasteiger partial charge in [-0.1, -0.05) is 26.2 Å². The highest BCUT2D eigenvalue weighted by atomic mass is 16.2. The van der Waals surface area contributed by atoms with Gasteiger partial charge in [0.1, 0.15) is 0 Å². The Balaban J connectivity index is 2.38. The van der Waals surface area contributed by atoms with Crippen LogP contribution in [0.2, 0.25) is 0 Å². The fourth-order valence-corrected chi connectivity index (χ4v) is 2.53. The molecule has 1 saturated carbocycles. The molecule has 100 valence electrons. The Morgan fingerprint density at radius 3 is 2.76 bits per heavy atom. The molecule has 0 aromatic heterocycles. The molecule has 1 rings (SSSR count). The molecule has 4 heteroatoms. The standard InChI is InChI=1S/C13H27N3O/c1-3-9-15-13(17)10-16(2)12-8-6-4-5-7-11(12)14/h11-12H,3-10,14H2,1-2H3,(H,15,17). The van der Waals surface area contributed by atoms with Crippen LogP contribution in [-0.4, -0.2) is 43.0 Å². The van der Waals surface area contributed by atoms with E-state index in [2.05, 4.69) is 17.1 Å². The molecule has 0 spiro atoms. The van der Waals surface area contributed by atoms with Gasteiger partial charge >= 0.3 is 0 Å². The molecule has 0 saturated heterocycles. The number of amides is 1. The van der Waals surface area contributed by atoms with Crippen LogP contribution in [0.5, 0.6) is 0 Å². The summed E-state index contributed by atoms with van der Waals surface area (Å²) in [5.41, 5.74) is 6.18. The van der Waals surface area contributed by atoms with Gasteiger partial charge in [-0.25, -0.2) is 0 Å². The Labute approximate surface area is 105 Å². The SMILES string of the molecule is CCCNC(=O)CN(C)C1CCCCCC1N. The Morgan fingerprint density at radius 2 is 2.06 bits per heavy atom. The molecule has 1 aliphatic carbocycles. The zero-order valence-corrected chi connectivity index (χ0v) is 11.2. The Kier molecular flexibility index (Phi) is 6.52. The monoisotopic (exact) mass is 241 g/mol. The summed E-state index contributed by atoms with van der Waals surface area (Å²) in [6.07, 6.45) is 6.94. The van der Waals surface area contributed by atoms with E-state index < -0.39 is 0 Å². The van der Waals surface area contributed by atoms with Gasteiger partial charge in [-0.3, -0.25) is 9.69 Å². The summed E-state index contributed by atoms with van der Waals surface area (Å²) < 4.78 is 0. The summed E-state index contributed by atoms with van der Waals surface area (Å²) in [6, 6.07) is 0.589. The molecule has 2 unspecified atom stereocenters. The van der Waals surface area contributed by atoms with Crippen LogP contribution in [0.15, 0.2) is 0 Å². The second-order valence-electron chi connectivity index (χ2n) is 5.13. The molecule has 0 aromatic rings. The Bertz CT molecular complexity index is 233. The number of nitrogens with one attached hydrogen (secondary N) is 1. The predicted molar refractivity (Wildman–Crippen MR) is 70.8 cm³/mol. The number of hydrogen-bond acceptors (Lipinski definition) is 3. The van der Waals surface area contributed by atoms with Crippen molar-refractivity contribution in [2.45, 2.75) is 57.5 Å². The summed E-state index contributed by atoms with van der Waals surface area (Å²) in [6.45, 7) is 3.30. The third kappa shape index (κ3) is 5.04. The Morgan fingerprint density at radius 1 is 1.35 bits per heavy atom. The number of nitrogens with zero attached hydrogens (tertiary/aromatic N) is 1. The first-order valence-corrected chi connectivity index (χ1v) is 6.87. The molecule has 17 heavy (non-hydrogen) atoms. The van der Waals surface area contributed by atoms with Crippen molar-refractivity contribution in [1.82, 2.24) is 10.2 Å². The van der Waals surface area contributed by atoms with Gasteiger partial charge in [0.15, 0.2) is 0 Å². The number of carbonyl (C=O) groups excluding carboxylic acids is 1. The lowest BCUT2D eigenvalue weighted by Gasteiger charge is -2.30. The van der Waals surface area contributed by atoms with Crippen molar-refractivity contribution in [1.29, 1.82) is 0 Å². The average Bonchev–Trinajstić information content (AvgIpc) is 2.51. The van der Waals surface area contributed by atoms with Crippen LogP contribution in [0.1, 0.15) is 45.4 Å². The highest BCUT2D eigenvalue weighted by Crippen LogP contribution is 2.20. The molecule has 4 nitrogen and oxygen atoms in total. The molecule has 1 fully saturated rings. The maximum absolute atomic E-state index is 11.7. The molecule has 1 amide bonds. The first-order valence-electron chi connectivity index (χ1n) is 6.87. The number of rotatable bonds is 5. The van der Waals surface area contributed by atoms with Crippen molar-refractivity contribution in [2.24, 2.45) is 5.73 Å². The van der Waals surface area contributed by atoms with Crippen LogP contribution >= 0.6 is 0 Å². The van der Waals surface area contributed by atoms with Crippen LogP contribution in [-0.2, 0) is 4.79 Å². The van der Waals surface area contributed by atoms with E-state index in [-0.39, 0.29) is 11.9 Å². The predicted octanol–water partition coefficient (Wildman–Crippen LogP) is 1.10. The fourth-order valence-electron chi connectivity index (χ4n) is 2.53. The molecule has 2 atom stereocenters. The highest BCUT2D eigenvalue weighted by Gasteiger charge is 2.25. The molecule has 0 aliphatic heterocycles. The van der Waals surface area contributed by atoms with Gasteiger partial charge in [0.05, 0.1) is 6.54 Å². The van der Waals surface area contributed by atoms with E-state index in [1.807, 2.05) is 7.05 Å². The number of hydrogen-bond donors (Lipinski definition) is 2. The zero-order valence-electron chi connectivity index (χ0n) is 11.2. The second-order valence-corrected chi connectivity index (χ2v) is 5.13. The van der Waals surface area contributed by atoms with Crippen LogP contribution in [0, 0.1) is 0 Å². The molecule has 3 N–H and O–H groups in total. The van der Waals surface area contributed by atoms with Gasteiger partial charge in [0.2, 0.25) is 5.91 Å². The van der Waals surface area contributed by atoms with E-state index in [9.17, 15) is 4.79 Å². The lowest BCUT2D eigenvalue weighted by molar-refractivity contribution is -0.122. The number of nitrogens with two attached hydrogens (primary N) is 1. The maximum atomic E-state index is 11.7. The van der Waals surface area contributed by atoms with E-state index in [0.29, 0.717) is 12.6 Å². The van der Waals surface area contributed by atoms with E-state index >= 15 is 0 Å². The van der Waals surface area contributed by atoms with E-state index in [0.717, 1.165) is 25.8 Å². The van der Waals surface area contributed by atoms with Gasteiger partial charge in [-0.2, -0.15) is 0 Å². The van der Waals surface area contributed by atoms with Crippen LogP contribution in [0.3, 0.4) is 0 Å². The first-order chi connectivity index (χ1) is 8.15. The quantitative estimate of drug-likeness (QED) is 0.709. The van der Waals surface area contributed by atoms with E-state index in [4.69, 9.17) is 5.73 Å². The number of carbonyl (C=O) groups is 1. The molecule has 1 aliphatic rings. The minimum atomic E-state index is 0.116. The van der Waals surface area contributed by atoms with Crippen molar-refractivity contribution in [2.75, 3.05) is 20.1 Å². The van der Waals surface area contributed by atoms with Crippen molar-refractivity contribution in [3.8, 4) is 0 Å². The van der Waals surface area contributed by atoms with Crippen LogP contribution in [0.25, 0.3) is 0 Å². The largest absolute Gasteiger partial charge is 0.355 e. The molecule has 0 aromatic carbocycles. The normalized spacial score (nSPS) is 25.6. The Hall–Kier alpha value is -0.610. The average molecular weight is 241 g/mol. The van der Waals surface area contributed by atoms with Crippen molar-refractivity contribution in [3.05, 3.63) is 0 Å². The van der Waals surface area contributed by atoms with Gasteiger partial charge in [0, 0.05) is 18.6 Å². The van der Waals surface area contributed by atoms with Crippen LogP contribution < -0.4 is 11.1 Å². The zero-order chi connectivity index (χ0) is 12.7. The second kappa shape index (κ2) is 7.67. The summed E-state index contributed by atoms with van der Waals surface area (Å²) in [7, 11) is 2.02. The van der Waals surface area contributed by atoms with Crippen molar-refractivity contribution in [3.63, 3.8) is 0 Å². The molecule has 0 bridgehead atoms. The van der Waals surface area contributed by atoms with Crippen molar-refractivity contribution >= 4 is 5.91 Å². The third-order valence-electron chi connectivity index (χ3n) is 3.56. The summed E-state index contributed by atoms with van der Waals surface area (Å²) in [5, 5.41) is 2.91. The topological polar surface area (TPSA) is 58.4 Å². The molecular weight excluding hydrogens is 214 g/mol. The lowest BCUT2D eigenvalue weighted by atomic mass is 10.0. The molecule has 0 heterocycles. The fraction of sp³-hybridized carbons (Fsp3) is 0.923.